The fraction of sp³-hybridized carbons (Fsp3) is 0.250. The molecule has 26 heavy (non-hydrogen) atoms. The van der Waals surface area contributed by atoms with E-state index >= 15 is 0 Å². The van der Waals surface area contributed by atoms with Crippen molar-refractivity contribution in [1.29, 1.82) is 0 Å². The van der Waals surface area contributed by atoms with Crippen molar-refractivity contribution >= 4 is 16.7 Å². The highest BCUT2D eigenvalue weighted by molar-refractivity contribution is 5.88. The molecular formula is C20H21N3O3. The van der Waals surface area contributed by atoms with Crippen LogP contribution in [0.3, 0.4) is 0 Å². The van der Waals surface area contributed by atoms with Crippen LogP contribution in [0.15, 0.2) is 59.7 Å². The maximum Gasteiger partial charge on any atom is 0.258 e. The second-order valence-corrected chi connectivity index (χ2v) is 5.88. The Kier molecular flexibility index (Phi) is 5.63. The second kappa shape index (κ2) is 8.29. The molecule has 0 saturated heterocycles. The molecule has 1 heterocycles. The Labute approximate surface area is 151 Å². The van der Waals surface area contributed by atoms with Crippen LogP contribution in [-0.4, -0.2) is 28.6 Å². The third-order valence-corrected chi connectivity index (χ3v) is 4.08. The van der Waals surface area contributed by atoms with Gasteiger partial charge in [0.2, 0.25) is 0 Å². The van der Waals surface area contributed by atoms with Gasteiger partial charge >= 0.3 is 0 Å². The van der Waals surface area contributed by atoms with Gasteiger partial charge in [0, 0.05) is 30.2 Å². The van der Waals surface area contributed by atoms with Crippen LogP contribution in [-0.2, 0) is 17.8 Å². The minimum Gasteiger partial charge on any atom is -0.483 e. The van der Waals surface area contributed by atoms with E-state index in [2.05, 4.69) is 10.3 Å². The van der Waals surface area contributed by atoms with Gasteiger partial charge in [-0.15, -0.1) is 0 Å². The van der Waals surface area contributed by atoms with E-state index in [1.807, 2.05) is 49.4 Å². The molecule has 3 rings (SSSR count). The molecule has 0 saturated carbocycles. The minimum absolute atomic E-state index is 0.0735. The van der Waals surface area contributed by atoms with Gasteiger partial charge in [0.1, 0.15) is 5.75 Å². The number of amides is 1. The summed E-state index contributed by atoms with van der Waals surface area (Å²) in [6.45, 7) is 2.58. The molecule has 0 bridgehead atoms. The molecule has 0 radical (unpaired) electrons. The van der Waals surface area contributed by atoms with Crippen LogP contribution in [0.25, 0.3) is 10.8 Å². The van der Waals surface area contributed by atoms with E-state index in [-0.39, 0.29) is 18.1 Å². The fourth-order valence-corrected chi connectivity index (χ4v) is 2.66. The predicted octanol–water partition coefficient (Wildman–Crippen LogP) is 2.15. The van der Waals surface area contributed by atoms with Gasteiger partial charge in [-0.05, 0) is 17.9 Å². The second-order valence-electron chi connectivity index (χ2n) is 5.88. The van der Waals surface area contributed by atoms with Crippen LogP contribution in [0.1, 0.15) is 12.6 Å². The average molecular weight is 351 g/mol. The summed E-state index contributed by atoms with van der Waals surface area (Å²) in [6.07, 6.45) is 2.23. The molecule has 0 atom stereocenters. The largest absolute Gasteiger partial charge is 0.483 e. The van der Waals surface area contributed by atoms with E-state index in [1.165, 1.54) is 17.0 Å². The maximum absolute atomic E-state index is 12.0. The topological polar surface area (TPSA) is 73.2 Å². The summed E-state index contributed by atoms with van der Waals surface area (Å²) in [5.74, 6) is 0.443. The Bertz CT molecular complexity index is 960. The summed E-state index contributed by atoms with van der Waals surface area (Å²) in [6, 6.07) is 15.1. The van der Waals surface area contributed by atoms with Gasteiger partial charge < -0.3 is 10.1 Å². The normalized spacial score (nSPS) is 10.7. The highest BCUT2D eigenvalue weighted by Crippen LogP contribution is 2.24. The van der Waals surface area contributed by atoms with Gasteiger partial charge in [0.05, 0.1) is 6.33 Å². The van der Waals surface area contributed by atoms with Crippen molar-refractivity contribution in [2.45, 2.75) is 19.9 Å². The monoisotopic (exact) mass is 351 g/mol. The quantitative estimate of drug-likeness (QED) is 0.708. The molecule has 6 nitrogen and oxygen atoms in total. The molecule has 0 spiro atoms. The van der Waals surface area contributed by atoms with Crippen molar-refractivity contribution < 1.29 is 9.53 Å². The number of hydrogen-bond acceptors (Lipinski definition) is 4. The number of rotatable bonds is 7. The van der Waals surface area contributed by atoms with Crippen LogP contribution in [0, 0.1) is 0 Å². The minimum atomic E-state index is -0.232. The van der Waals surface area contributed by atoms with Crippen LogP contribution >= 0.6 is 0 Å². The Morgan fingerprint density at radius 1 is 1.19 bits per heavy atom. The lowest BCUT2D eigenvalue weighted by atomic mass is 10.1. The highest BCUT2D eigenvalue weighted by atomic mass is 16.5. The van der Waals surface area contributed by atoms with Crippen LogP contribution in [0.4, 0.5) is 0 Å². The number of benzene rings is 2. The van der Waals surface area contributed by atoms with Crippen LogP contribution in [0.2, 0.25) is 0 Å². The predicted molar refractivity (Wildman–Crippen MR) is 100 cm³/mol. The lowest BCUT2D eigenvalue weighted by Gasteiger charge is -2.10. The number of carbonyl (C=O) groups is 1. The van der Waals surface area contributed by atoms with E-state index in [9.17, 15) is 9.59 Å². The lowest BCUT2D eigenvalue weighted by molar-refractivity contribution is -0.123. The van der Waals surface area contributed by atoms with Gasteiger partial charge in [-0.2, -0.15) is 0 Å². The molecule has 0 aliphatic rings. The highest BCUT2D eigenvalue weighted by Gasteiger charge is 2.06. The number of aromatic nitrogens is 2. The van der Waals surface area contributed by atoms with Crippen molar-refractivity contribution in [2.75, 3.05) is 13.2 Å². The number of nitrogens with zero attached hydrogens (tertiary/aromatic N) is 2. The summed E-state index contributed by atoms with van der Waals surface area (Å²) in [4.78, 5) is 28.1. The number of hydrogen-bond donors (Lipinski definition) is 1. The smallest absolute Gasteiger partial charge is 0.258 e. The SMILES string of the molecule is CCc1cc(=O)n(CCNC(=O)COc2cccc3ccccc23)cn1. The molecular weight excluding hydrogens is 330 g/mol. The Morgan fingerprint density at radius 3 is 2.81 bits per heavy atom. The fourth-order valence-electron chi connectivity index (χ4n) is 2.66. The van der Waals surface area contributed by atoms with Crippen molar-refractivity contribution in [3.63, 3.8) is 0 Å². The maximum atomic E-state index is 12.0. The Balaban J connectivity index is 1.51. The van der Waals surface area contributed by atoms with Crippen LogP contribution < -0.4 is 15.6 Å². The summed E-state index contributed by atoms with van der Waals surface area (Å²) >= 11 is 0. The standard InChI is InChI=1S/C20H21N3O3/c1-2-16-12-20(25)23(14-22-16)11-10-21-19(24)13-26-18-9-5-7-15-6-3-4-8-17(15)18/h3-9,12,14H,2,10-11,13H2,1H3,(H,21,24). The first-order valence-electron chi connectivity index (χ1n) is 8.60. The van der Waals surface area contributed by atoms with Gasteiger partial charge in [-0.3, -0.25) is 14.2 Å². The number of carbonyl (C=O) groups excluding carboxylic acids is 1. The van der Waals surface area contributed by atoms with Gasteiger partial charge in [-0.25, -0.2) is 4.98 Å². The van der Waals surface area contributed by atoms with Gasteiger partial charge in [-0.1, -0.05) is 43.3 Å². The third-order valence-electron chi connectivity index (χ3n) is 4.08. The first-order valence-corrected chi connectivity index (χ1v) is 8.60. The van der Waals surface area contributed by atoms with Crippen molar-refractivity contribution in [1.82, 2.24) is 14.9 Å². The molecule has 1 N–H and O–H groups in total. The third kappa shape index (κ3) is 4.27. The molecule has 0 fully saturated rings. The zero-order valence-electron chi connectivity index (χ0n) is 14.6. The van der Waals surface area contributed by atoms with E-state index < -0.39 is 0 Å². The first-order chi connectivity index (χ1) is 12.7. The molecule has 1 amide bonds. The van der Waals surface area contributed by atoms with Crippen molar-refractivity contribution in [2.24, 2.45) is 0 Å². The molecule has 1 aromatic heterocycles. The molecule has 0 unspecified atom stereocenters. The number of fused-ring (bicyclic) bond motifs is 1. The lowest BCUT2D eigenvalue weighted by Crippen LogP contribution is -2.33. The number of aryl methyl sites for hydroxylation is 1. The van der Waals surface area contributed by atoms with Gasteiger partial charge in [0.25, 0.3) is 11.5 Å². The summed E-state index contributed by atoms with van der Waals surface area (Å²) in [5, 5.41) is 4.79. The summed E-state index contributed by atoms with van der Waals surface area (Å²) < 4.78 is 7.12. The molecule has 0 aliphatic heterocycles. The number of nitrogens with one attached hydrogen (secondary N) is 1. The molecule has 0 aliphatic carbocycles. The zero-order valence-corrected chi connectivity index (χ0v) is 14.6. The summed E-state index contributed by atoms with van der Waals surface area (Å²) in [7, 11) is 0. The average Bonchev–Trinajstić information content (AvgIpc) is 2.67. The molecule has 6 heteroatoms. The van der Waals surface area contributed by atoms with Crippen molar-refractivity contribution in [3.05, 3.63) is 70.9 Å². The zero-order chi connectivity index (χ0) is 18.4. The van der Waals surface area contributed by atoms with E-state index in [0.29, 0.717) is 18.8 Å². The Hall–Kier alpha value is -3.15. The van der Waals surface area contributed by atoms with E-state index in [4.69, 9.17) is 4.74 Å². The molecule has 2 aromatic carbocycles. The molecule has 134 valence electrons. The van der Waals surface area contributed by atoms with Gasteiger partial charge in [0.15, 0.2) is 6.61 Å². The summed E-state index contributed by atoms with van der Waals surface area (Å²) in [5.41, 5.74) is 0.650. The first kappa shape index (κ1) is 17.7. The van der Waals surface area contributed by atoms with E-state index in [0.717, 1.165) is 22.9 Å². The van der Waals surface area contributed by atoms with Crippen LogP contribution in [0.5, 0.6) is 5.75 Å². The Morgan fingerprint density at radius 2 is 2.00 bits per heavy atom. The molecule has 3 aromatic rings. The van der Waals surface area contributed by atoms with Crippen molar-refractivity contribution in [3.8, 4) is 5.75 Å². The number of ether oxygens (including phenoxy) is 1. The van der Waals surface area contributed by atoms with E-state index in [1.54, 1.807) is 0 Å².